The summed E-state index contributed by atoms with van der Waals surface area (Å²) in [6.07, 6.45) is 0. The zero-order valence-electron chi connectivity index (χ0n) is 51.5. The summed E-state index contributed by atoms with van der Waals surface area (Å²) in [4.78, 5) is 0. The lowest BCUT2D eigenvalue weighted by molar-refractivity contribution is 0.590. The molecule has 0 amide bonds. The number of para-hydroxylation sites is 4. The van der Waals surface area contributed by atoms with Crippen molar-refractivity contribution < 1.29 is 0 Å². The molecule has 0 saturated carbocycles. The van der Waals surface area contributed by atoms with Gasteiger partial charge in [-0.1, -0.05) is 272 Å². The molecule has 0 aliphatic carbocycles. The van der Waals surface area contributed by atoms with E-state index in [2.05, 4.69) is 334 Å². The van der Waals surface area contributed by atoms with Gasteiger partial charge in [-0.25, -0.2) is 0 Å². The third-order valence-corrected chi connectivity index (χ3v) is 20.0. The highest BCUT2D eigenvalue weighted by atomic mass is 15.1. The van der Waals surface area contributed by atoms with Crippen molar-refractivity contribution in [1.82, 2.24) is 13.7 Å². The standard InChI is InChI=1S/C86H64BN3/c1-85(2,3)57-43-39-53(40-44-57)55-47-72-66-29-13-9-25-62(66)60-23-7-11-27-64(60)68-31-15-21-37-78(68)89-80-51-59(88-76-35-19-17-33-70(76)71-34-18-20-36-77(71)88)52-81-82(80)87(74(49-55)83(72)89)75-50-56(54-41-45-58(46-42-54)86(4,5)6)48-73-67-30-14-10-26-63(67)61-24-8-12-28-65(61)69-32-16-22-38-79(69)90(81)84(73)75/h7-52H,1-6H3. The molecule has 16 aromatic rings. The number of hydrogen-bond donors (Lipinski definition) is 0. The quantitative estimate of drug-likeness (QED) is 0.157. The molecule has 0 fully saturated rings. The van der Waals surface area contributed by atoms with Crippen LogP contribution in [0, 0.1) is 0 Å². The van der Waals surface area contributed by atoms with Crippen molar-refractivity contribution in [3.05, 3.63) is 290 Å². The number of aromatic nitrogens is 3. The highest BCUT2D eigenvalue weighted by Crippen LogP contribution is 2.44. The van der Waals surface area contributed by atoms with Crippen molar-refractivity contribution in [1.29, 1.82) is 0 Å². The lowest BCUT2D eigenvalue weighted by Gasteiger charge is -2.37. The smallest absolute Gasteiger partial charge is 0.252 e. The van der Waals surface area contributed by atoms with Crippen LogP contribution in [0.15, 0.2) is 279 Å². The topological polar surface area (TPSA) is 14.8 Å². The van der Waals surface area contributed by atoms with Crippen molar-refractivity contribution >= 4 is 132 Å². The maximum atomic E-state index is 2.70. The maximum absolute atomic E-state index is 2.70. The first-order valence-electron chi connectivity index (χ1n) is 31.9. The molecule has 5 heterocycles. The molecular formula is C86H64BN3. The molecule has 0 N–H and O–H groups in total. The Kier molecular flexibility index (Phi) is 11.3. The molecule has 0 atom stereocenters. The fraction of sp³-hybridized carbons (Fsp3) is 0.0930. The number of nitrogens with zero attached hydrogens (tertiary/aromatic N) is 3. The van der Waals surface area contributed by atoms with Gasteiger partial charge >= 0.3 is 0 Å². The summed E-state index contributed by atoms with van der Waals surface area (Å²) in [6.45, 7) is 13.6. The minimum absolute atomic E-state index is 0.00651. The van der Waals surface area contributed by atoms with Crippen LogP contribution in [0.1, 0.15) is 52.7 Å². The van der Waals surface area contributed by atoms with Crippen molar-refractivity contribution in [3.63, 3.8) is 0 Å². The third-order valence-electron chi connectivity index (χ3n) is 20.0. The summed E-state index contributed by atoms with van der Waals surface area (Å²) < 4.78 is 7.94. The van der Waals surface area contributed by atoms with Crippen LogP contribution in [0.4, 0.5) is 0 Å². The predicted octanol–water partition coefficient (Wildman–Crippen LogP) is 20.9. The third kappa shape index (κ3) is 7.73. The van der Waals surface area contributed by atoms with Crippen LogP contribution in [0.5, 0.6) is 0 Å². The Labute approximate surface area is 524 Å². The van der Waals surface area contributed by atoms with Crippen LogP contribution in [0.25, 0.3) is 148 Å². The zero-order valence-corrected chi connectivity index (χ0v) is 51.5. The van der Waals surface area contributed by atoms with Crippen LogP contribution in [0.2, 0.25) is 0 Å². The highest BCUT2D eigenvalue weighted by Gasteiger charge is 2.41. The van der Waals surface area contributed by atoms with Crippen LogP contribution >= 0.6 is 0 Å². The molecule has 0 bridgehead atoms. The van der Waals surface area contributed by atoms with E-state index >= 15 is 0 Å². The number of fused-ring (bicyclic) bond motifs is 21. The first kappa shape index (κ1) is 52.4. The summed E-state index contributed by atoms with van der Waals surface area (Å²) in [7, 11) is 0. The van der Waals surface area contributed by atoms with Crippen LogP contribution in [0.3, 0.4) is 0 Å². The van der Waals surface area contributed by atoms with E-state index in [0.29, 0.717) is 0 Å². The molecule has 2 aliphatic heterocycles. The lowest BCUT2D eigenvalue weighted by Crippen LogP contribution is -2.60. The SMILES string of the molecule is CC(C)(C)c1ccc(-c2cc3c4c(c2)c2ccccc2c2ccccc2c2ccccc2n4-c2cc(-n4c5ccccc5c5ccccc54)cc4c2B3c2cc(-c3ccc(C(C)(C)C)cc3)cc3c5ccccc5c5ccccc5c5ccccc5n-4c23)cc1. The second-order valence-corrected chi connectivity index (χ2v) is 27.2. The Bertz CT molecular complexity index is 5560. The average Bonchev–Trinajstić information content (AvgIpc) is 0.999. The van der Waals surface area contributed by atoms with E-state index in [1.165, 1.54) is 147 Å². The molecule has 0 spiro atoms. The van der Waals surface area contributed by atoms with E-state index in [-0.39, 0.29) is 17.5 Å². The second-order valence-electron chi connectivity index (χ2n) is 27.2. The second kappa shape index (κ2) is 19.4. The monoisotopic (exact) mass is 1150 g/mol. The highest BCUT2D eigenvalue weighted by molar-refractivity contribution is 7.00. The van der Waals surface area contributed by atoms with Gasteiger partial charge in [0.1, 0.15) is 0 Å². The molecule has 3 nitrogen and oxygen atoms in total. The van der Waals surface area contributed by atoms with E-state index in [0.717, 1.165) is 28.1 Å². The number of rotatable bonds is 3. The van der Waals surface area contributed by atoms with Crippen LogP contribution < -0.4 is 16.4 Å². The minimum Gasteiger partial charge on any atom is -0.310 e. The molecule has 0 unspecified atom stereocenters. The molecule has 4 heteroatoms. The van der Waals surface area contributed by atoms with Crippen LogP contribution in [-0.4, -0.2) is 20.4 Å². The number of benzene rings is 13. The molecule has 0 saturated heterocycles. The molecular weight excluding hydrogens is 1090 g/mol. The number of hydrogen-bond acceptors (Lipinski definition) is 0. The summed E-state index contributed by atoms with van der Waals surface area (Å²) >= 11 is 0. The molecule has 90 heavy (non-hydrogen) atoms. The van der Waals surface area contributed by atoms with Crippen LogP contribution in [-0.2, 0) is 10.8 Å². The Morgan fingerprint density at radius 2 is 0.511 bits per heavy atom. The first-order valence-corrected chi connectivity index (χ1v) is 31.9. The van der Waals surface area contributed by atoms with E-state index in [1.807, 2.05) is 0 Å². The average molecular weight is 1150 g/mol. The van der Waals surface area contributed by atoms with Gasteiger partial charge in [-0.3, -0.25) is 0 Å². The summed E-state index contributed by atoms with van der Waals surface area (Å²) in [5.41, 5.74) is 21.6. The summed E-state index contributed by atoms with van der Waals surface area (Å²) in [5, 5.41) is 16.9. The predicted molar refractivity (Wildman–Crippen MR) is 388 cm³/mol. The lowest BCUT2D eigenvalue weighted by atomic mass is 9.34. The Hall–Kier alpha value is -10.7. The maximum Gasteiger partial charge on any atom is 0.252 e. The Morgan fingerprint density at radius 3 is 0.833 bits per heavy atom. The fourth-order valence-corrected chi connectivity index (χ4v) is 15.8. The van der Waals surface area contributed by atoms with Gasteiger partial charge < -0.3 is 13.7 Å². The van der Waals surface area contributed by atoms with Gasteiger partial charge in [0.15, 0.2) is 0 Å². The van der Waals surface area contributed by atoms with Gasteiger partial charge in [0.25, 0.3) is 6.71 Å². The van der Waals surface area contributed by atoms with Gasteiger partial charge in [-0.2, -0.15) is 0 Å². The van der Waals surface area contributed by atoms with E-state index < -0.39 is 0 Å². The van der Waals surface area contributed by atoms with Crippen molar-refractivity contribution in [2.24, 2.45) is 0 Å². The van der Waals surface area contributed by atoms with Gasteiger partial charge in [0, 0.05) is 54.7 Å². The van der Waals surface area contributed by atoms with Crippen molar-refractivity contribution in [3.8, 4) is 39.3 Å². The minimum atomic E-state index is -0.260. The molecule has 18 rings (SSSR count). The Morgan fingerprint density at radius 1 is 0.244 bits per heavy atom. The van der Waals surface area contributed by atoms with E-state index in [4.69, 9.17) is 0 Å². The first-order chi connectivity index (χ1) is 43.9. The largest absolute Gasteiger partial charge is 0.310 e. The molecule has 13 aromatic carbocycles. The van der Waals surface area contributed by atoms with Crippen molar-refractivity contribution in [2.75, 3.05) is 0 Å². The zero-order chi connectivity index (χ0) is 60.3. The molecule has 3 aromatic heterocycles. The molecule has 426 valence electrons. The molecule has 2 aliphatic rings. The van der Waals surface area contributed by atoms with Gasteiger partial charge in [-0.05, 0) is 152 Å². The van der Waals surface area contributed by atoms with Gasteiger partial charge in [0.05, 0.1) is 27.8 Å². The van der Waals surface area contributed by atoms with E-state index in [1.54, 1.807) is 0 Å². The van der Waals surface area contributed by atoms with Gasteiger partial charge in [-0.15, -0.1) is 0 Å². The summed E-state index contributed by atoms with van der Waals surface area (Å²) in [5.74, 6) is 0. The normalized spacial score (nSPS) is 12.8. The molecule has 0 radical (unpaired) electrons. The van der Waals surface area contributed by atoms with Crippen molar-refractivity contribution in [2.45, 2.75) is 52.4 Å². The Balaban J connectivity index is 1.15. The fourth-order valence-electron chi connectivity index (χ4n) is 15.8. The van der Waals surface area contributed by atoms with E-state index in [9.17, 15) is 0 Å². The van der Waals surface area contributed by atoms with Gasteiger partial charge in [0.2, 0.25) is 0 Å². The summed E-state index contributed by atoms with van der Waals surface area (Å²) in [6, 6.07) is 107.